The Morgan fingerprint density at radius 2 is 2.19 bits per heavy atom. The minimum atomic E-state index is 0.236. The number of carbonyl (C=O) groups excluding carboxylic acids is 1. The normalized spacial score (nSPS) is 21.0. The predicted molar refractivity (Wildman–Crippen MR) is 108 cm³/mol. The fourth-order valence-corrected chi connectivity index (χ4v) is 4.10. The minimum absolute atomic E-state index is 0.236. The third kappa shape index (κ3) is 4.39. The second-order valence-electron chi connectivity index (χ2n) is 7.44. The van der Waals surface area contributed by atoms with E-state index >= 15 is 0 Å². The zero-order chi connectivity index (χ0) is 18.4. The molecule has 3 nitrogen and oxygen atoms in total. The molecule has 1 aromatic carbocycles. The highest BCUT2D eigenvalue weighted by atomic mass is 16.1. The first kappa shape index (κ1) is 18.8. The first-order chi connectivity index (χ1) is 12.7. The molecule has 2 atom stereocenters. The van der Waals surface area contributed by atoms with E-state index in [2.05, 4.69) is 29.5 Å². The quantitative estimate of drug-likeness (QED) is 0.489. The fraction of sp³-hybridized carbons (Fsp3) is 0.478. The van der Waals surface area contributed by atoms with Crippen molar-refractivity contribution in [1.29, 1.82) is 0 Å². The van der Waals surface area contributed by atoms with Gasteiger partial charge in [0.1, 0.15) is 0 Å². The largest absolute Gasteiger partial charge is 0.303 e. The summed E-state index contributed by atoms with van der Waals surface area (Å²) in [5.74, 6) is 1.31. The molecule has 1 aliphatic heterocycles. The van der Waals surface area contributed by atoms with Gasteiger partial charge in [-0.1, -0.05) is 37.6 Å². The number of likely N-dealkylation sites (tertiary alicyclic amines) is 1. The van der Waals surface area contributed by atoms with Crippen LogP contribution in [0.15, 0.2) is 49.2 Å². The van der Waals surface area contributed by atoms with Crippen LogP contribution < -0.4 is 0 Å². The SMILES string of the molecule is C=C[C@H]1CN(CCCC)CC[C@H]1CCC(=O)c1ccnc2ccccc12. The third-order valence-corrected chi connectivity index (χ3v) is 5.71. The molecule has 26 heavy (non-hydrogen) atoms. The summed E-state index contributed by atoms with van der Waals surface area (Å²) < 4.78 is 0. The van der Waals surface area contributed by atoms with E-state index in [0.29, 0.717) is 18.3 Å². The van der Waals surface area contributed by atoms with Gasteiger partial charge in [0, 0.05) is 30.1 Å². The Morgan fingerprint density at radius 1 is 1.35 bits per heavy atom. The van der Waals surface area contributed by atoms with E-state index in [4.69, 9.17) is 0 Å². The second kappa shape index (κ2) is 9.09. The Kier molecular flexibility index (Phi) is 6.56. The highest BCUT2D eigenvalue weighted by molar-refractivity contribution is 6.07. The lowest BCUT2D eigenvalue weighted by Crippen LogP contribution is -2.40. The van der Waals surface area contributed by atoms with Crippen molar-refractivity contribution in [1.82, 2.24) is 9.88 Å². The van der Waals surface area contributed by atoms with Gasteiger partial charge in [0.2, 0.25) is 0 Å². The predicted octanol–water partition coefficient (Wildman–Crippen LogP) is 5.12. The lowest BCUT2D eigenvalue weighted by Gasteiger charge is -2.37. The number of pyridine rings is 1. The molecule has 3 rings (SSSR count). The molecule has 0 aliphatic carbocycles. The van der Waals surface area contributed by atoms with Gasteiger partial charge < -0.3 is 4.90 Å². The molecule has 0 radical (unpaired) electrons. The van der Waals surface area contributed by atoms with Crippen LogP contribution in [0.5, 0.6) is 0 Å². The van der Waals surface area contributed by atoms with Gasteiger partial charge in [-0.15, -0.1) is 6.58 Å². The highest BCUT2D eigenvalue weighted by Gasteiger charge is 2.27. The molecule has 3 heteroatoms. The van der Waals surface area contributed by atoms with Crippen LogP contribution in [-0.2, 0) is 0 Å². The monoisotopic (exact) mass is 350 g/mol. The topological polar surface area (TPSA) is 33.2 Å². The Morgan fingerprint density at radius 3 is 3.00 bits per heavy atom. The van der Waals surface area contributed by atoms with Crippen LogP contribution in [0.25, 0.3) is 10.9 Å². The van der Waals surface area contributed by atoms with Crippen molar-refractivity contribution in [2.24, 2.45) is 11.8 Å². The first-order valence-electron chi connectivity index (χ1n) is 9.94. The fourth-order valence-electron chi connectivity index (χ4n) is 4.10. The van der Waals surface area contributed by atoms with Crippen molar-refractivity contribution in [2.45, 2.75) is 39.0 Å². The van der Waals surface area contributed by atoms with E-state index in [1.54, 1.807) is 6.20 Å². The number of ketones is 1. The summed E-state index contributed by atoms with van der Waals surface area (Å²) in [4.78, 5) is 19.8. The summed E-state index contributed by atoms with van der Waals surface area (Å²) in [7, 11) is 0. The average Bonchev–Trinajstić information content (AvgIpc) is 2.70. The number of para-hydroxylation sites is 1. The third-order valence-electron chi connectivity index (χ3n) is 5.71. The van der Waals surface area contributed by atoms with Crippen LogP contribution in [0, 0.1) is 11.8 Å². The molecule has 0 amide bonds. The van der Waals surface area contributed by atoms with Crippen LogP contribution >= 0.6 is 0 Å². The maximum absolute atomic E-state index is 12.8. The average molecular weight is 351 g/mol. The van der Waals surface area contributed by atoms with E-state index in [0.717, 1.165) is 36.0 Å². The molecule has 0 saturated carbocycles. The van der Waals surface area contributed by atoms with Gasteiger partial charge in [-0.25, -0.2) is 0 Å². The molecule has 0 unspecified atom stereocenters. The summed E-state index contributed by atoms with van der Waals surface area (Å²) in [6, 6.07) is 9.76. The molecule has 0 N–H and O–H groups in total. The lowest BCUT2D eigenvalue weighted by molar-refractivity contribution is 0.0945. The number of carbonyl (C=O) groups is 1. The van der Waals surface area contributed by atoms with E-state index in [9.17, 15) is 4.79 Å². The molecule has 2 aromatic rings. The molecule has 0 bridgehead atoms. The van der Waals surface area contributed by atoms with Gasteiger partial charge >= 0.3 is 0 Å². The smallest absolute Gasteiger partial charge is 0.163 e. The number of unbranched alkanes of at least 4 members (excludes halogenated alkanes) is 1. The van der Waals surface area contributed by atoms with Gasteiger partial charge in [-0.2, -0.15) is 0 Å². The summed E-state index contributed by atoms with van der Waals surface area (Å²) in [6.07, 6.45) is 9.09. The molecule has 0 spiro atoms. The molecule has 1 fully saturated rings. The Balaban J connectivity index is 1.61. The van der Waals surface area contributed by atoms with Crippen molar-refractivity contribution < 1.29 is 4.79 Å². The van der Waals surface area contributed by atoms with E-state index < -0.39 is 0 Å². The van der Waals surface area contributed by atoms with Gasteiger partial charge in [0.05, 0.1) is 5.52 Å². The van der Waals surface area contributed by atoms with Crippen molar-refractivity contribution >= 4 is 16.7 Å². The number of nitrogens with zero attached hydrogens (tertiary/aromatic N) is 2. The Hall–Kier alpha value is -2.00. The Labute approximate surface area is 157 Å². The van der Waals surface area contributed by atoms with Crippen LogP contribution in [0.1, 0.15) is 49.4 Å². The number of benzene rings is 1. The number of fused-ring (bicyclic) bond motifs is 1. The van der Waals surface area contributed by atoms with Crippen LogP contribution in [0.4, 0.5) is 0 Å². The van der Waals surface area contributed by atoms with E-state index in [1.807, 2.05) is 30.3 Å². The van der Waals surface area contributed by atoms with Crippen molar-refractivity contribution in [3.05, 3.63) is 54.7 Å². The van der Waals surface area contributed by atoms with Gasteiger partial charge in [-0.05, 0) is 56.3 Å². The van der Waals surface area contributed by atoms with Gasteiger partial charge in [-0.3, -0.25) is 9.78 Å². The standard InChI is InChI=1S/C23H30N2O/c1-3-5-15-25-16-13-19(18(4-2)17-25)10-11-23(26)21-12-14-24-22-9-7-6-8-20(21)22/h4,6-9,12,14,18-19H,2-3,5,10-11,13,15-17H2,1H3/t18-,19+/m0/s1. The maximum Gasteiger partial charge on any atom is 0.163 e. The summed E-state index contributed by atoms with van der Waals surface area (Å²) >= 11 is 0. The summed E-state index contributed by atoms with van der Waals surface area (Å²) in [6.45, 7) is 9.74. The zero-order valence-corrected chi connectivity index (χ0v) is 15.9. The first-order valence-corrected chi connectivity index (χ1v) is 9.94. The summed E-state index contributed by atoms with van der Waals surface area (Å²) in [5, 5.41) is 0.967. The molecular formula is C23H30N2O. The number of hydrogen-bond donors (Lipinski definition) is 0. The van der Waals surface area contributed by atoms with Crippen molar-refractivity contribution in [3.63, 3.8) is 0 Å². The molecular weight excluding hydrogens is 320 g/mol. The number of hydrogen-bond acceptors (Lipinski definition) is 3. The second-order valence-corrected chi connectivity index (χ2v) is 7.44. The molecule has 1 aliphatic rings. The van der Waals surface area contributed by atoms with E-state index in [-0.39, 0.29) is 5.78 Å². The number of piperidine rings is 1. The number of aromatic nitrogens is 1. The highest BCUT2D eigenvalue weighted by Crippen LogP contribution is 2.30. The zero-order valence-electron chi connectivity index (χ0n) is 15.9. The van der Waals surface area contributed by atoms with Crippen molar-refractivity contribution in [3.8, 4) is 0 Å². The van der Waals surface area contributed by atoms with Crippen LogP contribution in [-0.4, -0.2) is 35.3 Å². The van der Waals surface area contributed by atoms with Crippen LogP contribution in [0.3, 0.4) is 0 Å². The van der Waals surface area contributed by atoms with Gasteiger partial charge in [0.15, 0.2) is 5.78 Å². The molecule has 2 heterocycles. The minimum Gasteiger partial charge on any atom is -0.303 e. The lowest BCUT2D eigenvalue weighted by atomic mass is 9.81. The number of Topliss-reactive ketones (excluding diaryl/α,β-unsaturated/α-hetero) is 1. The van der Waals surface area contributed by atoms with Gasteiger partial charge in [0.25, 0.3) is 0 Å². The summed E-state index contributed by atoms with van der Waals surface area (Å²) in [5.41, 5.74) is 1.71. The Bertz CT molecular complexity index is 749. The molecule has 138 valence electrons. The van der Waals surface area contributed by atoms with E-state index in [1.165, 1.54) is 25.8 Å². The molecule has 1 aromatic heterocycles. The maximum atomic E-state index is 12.8. The van der Waals surface area contributed by atoms with Crippen LogP contribution in [0.2, 0.25) is 0 Å². The number of rotatable bonds is 8. The molecule has 1 saturated heterocycles. The van der Waals surface area contributed by atoms with Crippen molar-refractivity contribution in [2.75, 3.05) is 19.6 Å².